The summed E-state index contributed by atoms with van der Waals surface area (Å²) in [5.74, 6) is -3.17. The summed E-state index contributed by atoms with van der Waals surface area (Å²) in [7, 11) is 0. The molecule has 2 unspecified atom stereocenters. The zero-order valence-electron chi connectivity index (χ0n) is 30.9. The number of carbonyl (C=O) groups is 6. The fourth-order valence-electron chi connectivity index (χ4n) is 7.53. The van der Waals surface area contributed by atoms with Crippen molar-refractivity contribution in [2.24, 2.45) is 11.7 Å². The molecule has 6 amide bonds. The van der Waals surface area contributed by atoms with Crippen LogP contribution in [-0.4, -0.2) is 111 Å². The number of rotatable bonds is 10. The molecule has 3 aliphatic rings. The molecule has 15 nitrogen and oxygen atoms in total. The van der Waals surface area contributed by atoms with E-state index in [0.29, 0.717) is 70.2 Å². The van der Waals surface area contributed by atoms with Crippen molar-refractivity contribution in [3.8, 4) is 0 Å². The third-order valence-electron chi connectivity index (χ3n) is 10.8. The van der Waals surface area contributed by atoms with Crippen LogP contribution in [-0.2, 0) is 41.6 Å². The van der Waals surface area contributed by atoms with Gasteiger partial charge in [0.05, 0.1) is 12.0 Å². The minimum absolute atomic E-state index is 0.0450. The number of unbranched alkanes of at least 4 members (excludes halogenated alkanes) is 1. The topological polar surface area (TPSA) is 212 Å². The number of H-pyrrole nitrogens is 1. The number of hydrogen-bond acceptors (Lipinski definition) is 8. The second-order valence-corrected chi connectivity index (χ2v) is 14.5. The van der Waals surface area contributed by atoms with Crippen LogP contribution in [0.25, 0.3) is 0 Å². The largest absolute Gasteiger partial charge is 0.351 e. The van der Waals surface area contributed by atoms with Crippen LogP contribution < -0.4 is 27.0 Å². The molecule has 288 valence electrons. The van der Waals surface area contributed by atoms with E-state index in [-0.39, 0.29) is 37.6 Å². The van der Waals surface area contributed by atoms with Crippen molar-refractivity contribution in [3.63, 3.8) is 0 Å². The highest BCUT2D eigenvalue weighted by molar-refractivity contribution is 5.98. The van der Waals surface area contributed by atoms with Gasteiger partial charge in [0.2, 0.25) is 35.4 Å². The summed E-state index contributed by atoms with van der Waals surface area (Å²) in [6.07, 6.45) is 7.98. The molecule has 15 heteroatoms. The molecule has 5 rings (SSSR count). The van der Waals surface area contributed by atoms with E-state index < -0.39 is 65.8 Å². The van der Waals surface area contributed by atoms with Crippen molar-refractivity contribution in [3.05, 3.63) is 54.1 Å². The second kappa shape index (κ2) is 18.8. The molecule has 0 spiro atoms. The van der Waals surface area contributed by atoms with E-state index in [1.54, 1.807) is 6.20 Å². The number of imidazole rings is 1. The molecule has 3 fully saturated rings. The predicted molar refractivity (Wildman–Crippen MR) is 197 cm³/mol. The van der Waals surface area contributed by atoms with E-state index in [1.165, 1.54) is 16.1 Å². The van der Waals surface area contributed by atoms with Crippen LogP contribution in [0.5, 0.6) is 0 Å². The van der Waals surface area contributed by atoms with E-state index in [9.17, 15) is 28.8 Å². The van der Waals surface area contributed by atoms with E-state index in [2.05, 4.69) is 31.2 Å². The number of nitrogens with one attached hydrogen (secondary N) is 5. The molecule has 2 aromatic rings. The standard InChI is InChI=1S/C38H55N9O6/c1-3-24(2)32-38(53)47-18-10-8-15-30(47)35(50)42-27(14-7-9-17-39)33(48)44-29(21-26-22-40-23-41-26)37(52)46-19-11-16-31(46)36(51)43-28(34(49)45-32)20-25-12-5-4-6-13-25/h4-6,12-13,22-24,27-32H,3,7-11,14-21,39H2,1-2H3,(H,40,41)(H,42,50)(H,43,51)(H,44,48)(H,45,49)/t24?,27-,28+,29+,30?,31-,32-/m0/s1. The first-order chi connectivity index (χ1) is 25.6. The van der Waals surface area contributed by atoms with Crippen LogP contribution in [0.4, 0.5) is 0 Å². The SMILES string of the molecule is CCC(C)[C@@H]1NC(=O)[C@@H](Cc2ccccc2)NC(=O)[C@@H]2CCCN2C(=O)[C@@H](Cc2c[nH]cn2)NC(=O)[C@H](CCCCN)NC(=O)C2CCCCN2C1=O. The van der Waals surface area contributed by atoms with Crippen molar-refractivity contribution in [1.82, 2.24) is 41.0 Å². The number of piperidine rings is 1. The third-order valence-corrected chi connectivity index (χ3v) is 10.8. The zero-order valence-corrected chi connectivity index (χ0v) is 30.9. The van der Waals surface area contributed by atoms with Gasteiger partial charge in [-0.25, -0.2) is 4.98 Å². The smallest absolute Gasteiger partial charge is 0.246 e. The Morgan fingerprint density at radius 3 is 2.08 bits per heavy atom. The zero-order chi connectivity index (χ0) is 37.9. The third kappa shape index (κ3) is 10.0. The number of hydrogen-bond donors (Lipinski definition) is 6. The maximum Gasteiger partial charge on any atom is 0.246 e. The van der Waals surface area contributed by atoms with Gasteiger partial charge in [-0.05, 0) is 69.4 Å². The molecule has 53 heavy (non-hydrogen) atoms. The maximum absolute atomic E-state index is 14.4. The van der Waals surface area contributed by atoms with E-state index in [0.717, 1.165) is 5.56 Å². The summed E-state index contributed by atoms with van der Waals surface area (Å²) in [6, 6.07) is 3.36. The van der Waals surface area contributed by atoms with Gasteiger partial charge in [-0.1, -0.05) is 50.6 Å². The summed E-state index contributed by atoms with van der Waals surface area (Å²) >= 11 is 0. The normalized spacial score (nSPS) is 27.1. The summed E-state index contributed by atoms with van der Waals surface area (Å²) in [5.41, 5.74) is 7.09. The molecule has 0 saturated carbocycles. The lowest BCUT2D eigenvalue weighted by Gasteiger charge is -2.39. The predicted octanol–water partition coefficient (Wildman–Crippen LogP) is 0.695. The van der Waals surface area contributed by atoms with Gasteiger partial charge in [-0.3, -0.25) is 28.8 Å². The lowest BCUT2D eigenvalue weighted by atomic mass is 9.93. The number of benzene rings is 1. The average Bonchev–Trinajstić information content (AvgIpc) is 3.88. The van der Waals surface area contributed by atoms with Crippen LogP contribution in [0.2, 0.25) is 0 Å². The lowest BCUT2D eigenvalue weighted by Crippen LogP contribution is -2.63. The number of aromatic nitrogens is 2. The quantitative estimate of drug-likeness (QED) is 0.191. The van der Waals surface area contributed by atoms with Crippen molar-refractivity contribution in [2.75, 3.05) is 19.6 Å². The highest BCUT2D eigenvalue weighted by Crippen LogP contribution is 2.23. The highest BCUT2D eigenvalue weighted by atomic mass is 16.2. The number of aromatic amines is 1. The van der Waals surface area contributed by atoms with Crippen LogP contribution in [0.3, 0.4) is 0 Å². The molecule has 1 aromatic heterocycles. The van der Waals surface area contributed by atoms with Gasteiger partial charge < -0.3 is 41.8 Å². The molecule has 4 heterocycles. The Morgan fingerprint density at radius 1 is 0.755 bits per heavy atom. The Morgan fingerprint density at radius 2 is 1.40 bits per heavy atom. The van der Waals surface area contributed by atoms with Gasteiger partial charge in [0.15, 0.2) is 0 Å². The Kier molecular flexibility index (Phi) is 14.0. The van der Waals surface area contributed by atoms with Gasteiger partial charge in [-0.2, -0.15) is 0 Å². The summed E-state index contributed by atoms with van der Waals surface area (Å²) in [4.78, 5) is 95.4. The van der Waals surface area contributed by atoms with Crippen molar-refractivity contribution >= 4 is 35.4 Å². The molecule has 0 bridgehead atoms. The highest BCUT2D eigenvalue weighted by Gasteiger charge is 2.43. The average molecular weight is 734 g/mol. The van der Waals surface area contributed by atoms with E-state index in [4.69, 9.17) is 5.73 Å². The molecular weight excluding hydrogens is 678 g/mol. The van der Waals surface area contributed by atoms with Crippen molar-refractivity contribution in [1.29, 1.82) is 0 Å². The van der Waals surface area contributed by atoms with Gasteiger partial charge in [0.25, 0.3) is 0 Å². The molecule has 0 aliphatic carbocycles. The number of nitrogens with two attached hydrogens (primary N) is 1. The van der Waals surface area contributed by atoms with Gasteiger partial charge in [0, 0.05) is 32.1 Å². The minimum Gasteiger partial charge on any atom is -0.351 e. The van der Waals surface area contributed by atoms with Crippen molar-refractivity contribution in [2.45, 2.75) is 121 Å². The van der Waals surface area contributed by atoms with Crippen molar-refractivity contribution < 1.29 is 28.8 Å². The number of amides is 6. The summed E-state index contributed by atoms with van der Waals surface area (Å²) < 4.78 is 0. The molecule has 7 atom stereocenters. The number of nitrogens with zero attached hydrogens (tertiary/aromatic N) is 3. The molecule has 0 radical (unpaired) electrons. The summed E-state index contributed by atoms with van der Waals surface area (Å²) in [6.45, 7) is 4.79. The van der Waals surface area contributed by atoms with Gasteiger partial charge in [-0.15, -0.1) is 0 Å². The lowest BCUT2D eigenvalue weighted by molar-refractivity contribution is -0.147. The molecule has 1 aromatic carbocycles. The van der Waals surface area contributed by atoms with Gasteiger partial charge in [0.1, 0.15) is 36.3 Å². The van der Waals surface area contributed by atoms with Crippen LogP contribution in [0, 0.1) is 5.92 Å². The Bertz CT molecular complexity index is 1570. The number of fused-ring (bicyclic) bond motifs is 2. The molecular formula is C38H55N9O6. The van der Waals surface area contributed by atoms with Gasteiger partial charge >= 0.3 is 0 Å². The Labute approximate surface area is 311 Å². The molecule has 3 saturated heterocycles. The first-order valence-electron chi connectivity index (χ1n) is 19.1. The molecule has 7 N–H and O–H groups in total. The summed E-state index contributed by atoms with van der Waals surface area (Å²) in [5, 5.41) is 11.7. The minimum atomic E-state index is -1.10. The fourth-order valence-corrected chi connectivity index (χ4v) is 7.53. The van der Waals surface area contributed by atoms with Crippen LogP contribution >= 0.6 is 0 Å². The fraction of sp³-hybridized carbons (Fsp3) is 0.605. The Balaban J connectivity index is 1.54. The Hall–Kier alpha value is -4.79. The molecule has 3 aliphatic heterocycles. The van der Waals surface area contributed by atoms with Crippen LogP contribution in [0.15, 0.2) is 42.9 Å². The first-order valence-corrected chi connectivity index (χ1v) is 19.1. The maximum atomic E-state index is 14.4. The van der Waals surface area contributed by atoms with E-state index in [1.807, 2.05) is 44.2 Å². The second-order valence-electron chi connectivity index (χ2n) is 14.5. The monoisotopic (exact) mass is 733 g/mol. The van der Waals surface area contributed by atoms with Crippen LogP contribution in [0.1, 0.15) is 82.9 Å². The first kappa shape index (κ1) is 39.4. The number of carbonyl (C=O) groups excluding carboxylic acids is 6. The van der Waals surface area contributed by atoms with E-state index >= 15 is 0 Å².